The maximum absolute atomic E-state index is 11.8. The van der Waals surface area contributed by atoms with Crippen molar-refractivity contribution in [1.29, 1.82) is 0 Å². The molecule has 0 aliphatic heterocycles. The van der Waals surface area contributed by atoms with Crippen molar-refractivity contribution in [3.05, 3.63) is 29.3 Å². The van der Waals surface area contributed by atoms with Gasteiger partial charge in [-0.25, -0.2) is 4.79 Å². The number of carboxylic acids is 1. The van der Waals surface area contributed by atoms with Crippen molar-refractivity contribution in [2.45, 2.75) is 26.2 Å². The maximum atomic E-state index is 11.8. The molecule has 0 unspecified atom stereocenters. The molecule has 0 aliphatic rings. The number of methoxy groups -OCH3 is 1. The lowest BCUT2D eigenvalue weighted by atomic mass is 10.00. The van der Waals surface area contributed by atoms with Crippen molar-refractivity contribution in [2.24, 2.45) is 0 Å². The van der Waals surface area contributed by atoms with Crippen LogP contribution in [0.3, 0.4) is 0 Å². The Hall–Kier alpha value is -1.84. The molecule has 0 amide bonds. The van der Waals surface area contributed by atoms with Crippen LogP contribution >= 0.6 is 0 Å². The third-order valence-electron chi connectivity index (χ3n) is 2.51. The van der Waals surface area contributed by atoms with Crippen LogP contribution in [-0.2, 0) is 0 Å². The lowest BCUT2D eigenvalue weighted by Gasteiger charge is -2.07. The van der Waals surface area contributed by atoms with Crippen LogP contribution in [-0.4, -0.2) is 24.0 Å². The molecule has 1 aromatic rings. The molecule has 1 rings (SSSR count). The van der Waals surface area contributed by atoms with Gasteiger partial charge in [0, 0.05) is 12.0 Å². The highest BCUT2D eigenvalue weighted by Crippen LogP contribution is 2.19. The molecule has 4 heteroatoms. The second-order valence-corrected chi connectivity index (χ2v) is 3.74. The van der Waals surface area contributed by atoms with E-state index in [1.807, 2.05) is 6.92 Å². The topological polar surface area (TPSA) is 63.6 Å². The average molecular weight is 236 g/mol. The number of hydrogen-bond donors (Lipinski definition) is 1. The highest BCUT2D eigenvalue weighted by Gasteiger charge is 2.16. The molecule has 0 atom stereocenters. The first-order valence-corrected chi connectivity index (χ1v) is 5.54. The summed E-state index contributed by atoms with van der Waals surface area (Å²) >= 11 is 0. The predicted molar refractivity (Wildman–Crippen MR) is 63.8 cm³/mol. The fourth-order valence-electron chi connectivity index (χ4n) is 1.54. The molecule has 0 heterocycles. The van der Waals surface area contributed by atoms with Crippen molar-refractivity contribution < 1.29 is 19.4 Å². The summed E-state index contributed by atoms with van der Waals surface area (Å²) in [6.45, 7) is 1.99. The molecule has 1 N–H and O–H groups in total. The monoisotopic (exact) mass is 236 g/mol. The van der Waals surface area contributed by atoms with E-state index in [1.165, 1.54) is 19.2 Å². The van der Waals surface area contributed by atoms with Crippen LogP contribution in [0.2, 0.25) is 0 Å². The summed E-state index contributed by atoms with van der Waals surface area (Å²) in [6, 6.07) is 4.49. The van der Waals surface area contributed by atoms with Crippen LogP contribution in [0.15, 0.2) is 18.2 Å². The quantitative estimate of drug-likeness (QED) is 0.771. The van der Waals surface area contributed by atoms with Gasteiger partial charge >= 0.3 is 5.97 Å². The second-order valence-electron chi connectivity index (χ2n) is 3.74. The lowest BCUT2D eigenvalue weighted by Crippen LogP contribution is -2.08. The molecule has 0 aliphatic carbocycles. The normalized spacial score (nSPS) is 10.0. The van der Waals surface area contributed by atoms with E-state index in [0.29, 0.717) is 12.2 Å². The zero-order valence-corrected chi connectivity index (χ0v) is 10.0. The smallest absolute Gasteiger partial charge is 0.336 e. The highest BCUT2D eigenvalue weighted by atomic mass is 16.5. The van der Waals surface area contributed by atoms with Crippen LogP contribution < -0.4 is 4.74 Å². The number of benzene rings is 1. The van der Waals surface area contributed by atoms with E-state index >= 15 is 0 Å². The van der Waals surface area contributed by atoms with Crippen molar-refractivity contribution in [1.82, 2.24) is 0 Å². The summed E-state index contributed by atoms with van der Waals surface area (Å²) in [5.74, 6) is -0.801. The first-order valence-electron chi connectivity index (χ1n) is 5.54. The minimum atomic E-state index is -1.11. The molecular formula is C13H16O4. The Kier molecular flexibility index (Phi) is 4.69. The number of aromatic carboxylic acids is 1. The minimum absolute atomic E-state index is 0.00505. The van der Waals surface area contributed by atoms with E-state index < -0.39 is 5.97 Å². The summed E-state index contributed by atoms with van der Waals surface area (Å²) in [5, 5.41) is 9.05. The van der Waals surface area contributed by atoms with Gasteiger partial charge < -0.3 is 9.84 Å². The molecule has 0 fully saturated rings. The van der Waals surface area contributed by atoms with Gasteiger partial charge in [0.25, 0.3) is 0 Å². The average Bonchev–Trinajstić information content (AvgIpc) is 2.35. The fraction of sp³-hybridized carbons (Fsp3) is 0.385. The van der Waals surface area contributed by atoms with E-state index in [0.717, 1.165) is 12.8 Å². The molecule has 0 aromatic heterocycles. The molecule has 0 saturated heterocycles. The van der Waals surface area contributed by atoms with E-state index in [-0.39, 0.29) is 16.9 Å². The molecule has 0 bridgehead atoms. The third-order valence-corrected chi connectivity index (χ3v) is 2.51. The van der Waals surface area contributed by atoms with Crippen LogP contribution in [0, 0.1) is 0 Å². The number of carboxylic acid groups (broad SMARTS) is 1. The van der Waals surface area contributed by atoms with Gasteiger partial charge in [0.15, 0.2) is 5.78 Å². The van der Waals surface area contributed by atoms with Crippen molar-refractivity contribution in [2.75, 3.05) is 7.11 Å². The summed E-state index contributed by atoms with van der Waals surface area (Å²) in [7, 11) is 1.46. The fourth-order valence-corrected chi connectivity index (χ4v) is 1.54. The Balaban J connectivity index is 3.05. The van der Waals surface area contributed by atoms with Gasteiger partial charge in [0.2, 0.25) is 0 Å². The first kappa shape index (κ1) is 13.2. The Morgan fingerprint density at radius 3 is 2.53 bits per heavy atom. The SMILES string of the molecule is CCCCC(=O)c1ccc(OC)cc1C(=O)O. The largest absolute Gasteiger partial charge is 0.497 e. The van der Waals surface area contributed by atoms with E-state index in [9.17, 15) is 9.59 Å². The predicted octanol–water partition coefficient (Wildman–Crippen LogP) is 2.77. The first-order chi connectivity index (χ1) is 8.10. The van der Waals surface area contributed by atoms with Crippen molar-refractivity contribution in [3.63, 3.8) is 0 Å². The Morgan fingerprint density at radius 1 is 1.29 bits per heavy atom. The molecular weight excluding hydrogens is 220 g/mol. The zero-order chi connectivity index (χ0) is 12.8. The molecule has 17 heavy (non-hydrogen) atoms. The summed E-state index contributed by atoms with van der Waals surface area (Å²) in [5.41, 5.74) is 0.261. The number of carbonyl (C=O) groups excluding carboxylic acids is 1. The Morgan fingerprint density at radius 2 is 2.00 bits per heavy atom. The molecule has 0 radical (unpaired) electrons. The van der Waals surface area contributed by atoms with Crippen molar-refractivity contribution in [3.8, 4) is 5.75 Å². The Bertz CT molecular complexity index is 423. The number of carbonyl (C=O) groups is 2. The number of unbranched alkanes of at least 4 members (excludes halogenated alkanes) is 1. The summed E-state index contributed by atoms with van der Waals surface area (Å²) < 4.78 is 4.95. The van der Waals surface area contributed by atoms with Gasteiger partial charge in [-0.05, 0) is 24.6 Å². The zero-order valence-electron chi connectivity index (χ0n) is 10.0. The molecule has 0 spiro atoms. The standard InChI is InChI=1S/C13H16O4/c1-3-4-5-12(14)10-7-6-9(17-2)8-11(10)13(15)16/h6-8H,3-5H2,1-2H3,(H,15,16). The minimum Gasteiger partial charge on any atom is -0.497 e. The number of ether oxygens (including phenoxy) is 1. The molecule has 4 nitrogen and oxygen atoms in total. The molecule has 1 aromatic carbocycles. The van der Waals surface area contributed by atoms with Gasteiger partial charge in [0.1, 0.15) is 5.75 Å². The molecule has 0 saturated carbocycles. The maximum Gasteiger partial charge on any atom is 0.336 e. The molecule has 92 valence electrons. The van der Waals surface area contributed by atoms with Crippen molar-refractivity contribution >= 4 is 11.8 Å². The summed E-state index contributed by atoms with van der Waals surface area (Å²) in [4.78, 5) is 22.9. The number of ketones is 1. The van der Waals surface area contributed by atoms with Crippen LogP contribution in [0.1, 0.15) is 46.9 Å². The van der Waals surface area contributed by atoms with E-state index in [4.69, 9.17) is 9.84 Å². The lowest BCUT2D eigenvalue weighted by molar-refractivity contribution is 0.0691. The number of Topliss-reactive ketones (excluding diaryl/α,β-unsaturated/α-hetero) is 1. The third kappa shape index (κ3) is 3.31. The van der Waals surface area contributed by atoms with Crippen LogP contribution in [0.5, 0.6) is 5.75 Å². The van der Waals surface area contributed by atoms with Gasteiger partial charge in [-0.15, -0.1) is 0 Å². The van der Waals surface area contributed by atoms with Crippen LogP contribution in [0.4, 0.5) is 0 Å². The van der Waals surface area contributed by atoms with E-state index in [1.54, 1.807) is 6.07 Å². The number of hydrogen-bond acceptors (Lipinski definition) is 3. The van der Waals surface area contributed by atoms with Gasteiger partial charge in [0.05, 0.1) is 12.7 Å². The highest BCUT2D eigenvalue weighted by molar-refractivity contribution is 6.06. The van der Waals surface area contributed by atoms with E-state index in [2.05, 4.69) is 0 Å². The Labute approximate surface area is 100 Å². The second kappa shape index (κ2) is 6.03. The van der Waals surface area contributed by atoms with Gasteiger partial charge in [-0.2, -0.15) is 0 Å². The van der Waals surface area contributed by atoms with Gasteiger partial charge in [-0.1, -0.05) is 13.3 Å². The summed E-state index contributed by atoms with van der Waals surface area (Å²) in [6.07, 6.45) is 2.05. The van der Waals surface area contributed by atoms with Crippen LogP contribution in [0.25, 0.3) is 0 Å². The van der Waals surface area contributed by atoms with Gasteiger partial charge in [-0.3, -0.25) is 4.79 Å². The number of rotatable bonds is 6.